The molecule has 0 amide bonds. The van der Waals surface area contributed by atoms with E-state index < -0.39 is 0 Å². The Kier molecular flexibility index (Phi) is 6.63. The summed E-state index contributed by atoms with van der Waals surface area (Å²) in [6.07, 6.45) is 6.58. The maximum absolute atomic E-state index is 9.00. The van der Waals surface area contributed by atoms with E-state index in [-0.39, 0.29) is 6.61 Å². The number of hydrogen-bond acceptors (Lipinski definition) is 3. The molecule has 1 aromatic rings. The number of hydrogen-bond donors (Lipinski definition) is 1. The minimum atomic E-state index is 0.0667. The van der Waals surface area contributed by atoms with Crippen LogP contribution in [0.3, 0.4) is 0 Å². The van der Waals surface area contributed by atoms with Gasteiger partial charge in [0.15, 0.2) is 0 Å². The molecule has 0 fully saturated rings. The first-order valence-electron chi connectivity index (χ1n) is 6.62. The molecule has 0 saturated carbocycles. The molecule has 0 aromatic carbocycles. The highest BCUT2D eigenvalue weighted by Crippen LogP contribution is 2.13. The highest BCUT2D eigenvalue weighted by atomic mass is 16.3. The second kappa shape index (κ2) is 8.07. The molecule has 0 aliphatic carbocycles. The summed E-state index contributed by atoms with van der Waals surface area (Å²) >= 11 is 0. The average Bonchev–Trinajstić information content (AvgIpc) is 2.39. The van der Waals surface area contributed by atoms with Crippen LogP contribution >= 0.6 is 0 Å². The lowest BCUT2D eigenvalue weighted by molar-refractivity contribution is 0.281. The molecule has 3 heteroatoms. The Balaban J connectivity index is 2.65. The van der Waals surface area contributed by atoms with Crippen molar-refractivity contribution in [3.63, 3.8) is 0 Å². The van der Waals surface area contributed by atoms with Crippen LogP contribution in [0, 0.1) is 0 Å². The van der Waals surface area contributed by atoms with E-state index in [2.05, 4.69) is 23.7 Å². The smallest absolute Gasteiger partial charge is 0.128 e. The summed E-state index contributed by atoms with van der Waals surface area (Å²) in [6, 6.07) is 3.96. The van der Waals surface area contributed by atoms with Crippen LogP contribution in [-0.4, -0.2) is 23.2 Å². The Morgan fingerprint density at radius 2 is 1.76 bits per heavy atom. The van der Waals surface area contributed by atoms with Gasteiger partial charge in [-0.05, 0) is 24.5 Å². The number of aliphatic hydroxyl groups is 1. The predicted molar refractivity (Wildman–Crippen MR) is 72.2 cm³/mol. The molecule has 0 atom stereocenters. The van der Waals surface area contributed by atoms with E-state index in [1.807, 2.05) is 12.1 Å². The van der Waals surface area contributed by atoms with Gasteiger partial charge in [0.2, 0.25) is 0 Å². The van der Waals surface area contributed by atoms with Gasteiger partial charge < -0.3 is 10.0 Å². The molecule has 1 heterocycles. The molecule has 0 aliphatic heterocycles. The van der Waals surface area contributed by atoms with E-state index in [9.17, 15) is 0 Å². The van der Waals surface area contributed by atoms with Gasteiger partial charge in [0.1, 0.15) is 5.82 Å². The summed E-state index contributed by atoms with van der Waals surface area (Å²) in [7, 11) is 0. The van der Waals surface area contributed by atoms with E-state index in [0.29, 0.717) is 0 Å². The van der Waals surface area contributed by atoms with E-state index in [4.69, 9.17) is 5.11 Å². The Morgan fingerprint density at radius 3 is 2.18 bits per heavy atom. The molecule has 0 saturated heterocycles. The van der Waals surface area contributed by atoms with Gasteiger partial charge in [-0.3, -0.25) is 0 Å². The first-order valence-corrected chi connectivity index (χ1v) is 6.62. The summed E-state index contributed by atoms with van der Waals surface area (Å²) < 4.78 is 0. The Bertz CT molecular complexity index is 290. The molecular weight excluding hydrogens is 212 g/mol. The standard InChI is InChI=1S/C14H24N2O/c1-3-5-9-16(10-6-4-2)14-8-7-13(12-17)11-15-14/h7-8,11,17H,3-6,9-10,12H2,1-2H3. The molecule has 1 rings (SSSR count). The number of anilines is 1. The van der Waals surface area contributed by atoms with Gasteiger partial charge in [0.05, 0.1) is 6.61 Å². The van der Waals surface area contributed by atoms with Crippen molar-refractivity contribution in [2.45, 2.75) is 46.1 Å². The number of aromatic nitrogens is 1. The van der Waals surface area contributed by atoms with Gasteiger partial charge in [-0.2, -0.15) is 0 Å². The van der Waals surface area contributed by atoms with Crippen LogP contribution < -0.4 is 4.90 Å². The third kappa shape index (κ3) is 4.73. The van der Waals surface area contributed by atoms with Crippen molar-refractivity contribution < 1.29 is 5.11 Å². The van der Waals surface area contributed by atoms with Gasteiger partial charge in [-0.25, -0.2) is 4.98 Å². The monoisotopic (exact) mass is 236 g/mol. The molecule has 1 N–H and O–H groups in total. The van der Waals surface area contributed by atoms with E-state index in [1.54, 1.807) is 6.20 Å². The summed E-state index contributed by atoms with van der Waals surface area (Å²) in [6.45, 7) is 6.63. The van der Waals surface area contributed by atoms with Crippen LogP contribution in [-0.2, 0) is 6.61 Å². The summed E-state index contributed by atoms with van der Waals surface area (Å²) in [4.78, 5) is 6.76. The Labute approximate surface area is 104 Å². The minimum absolute atomic E-state index is 0.0667. The fraction of sp³-hybridized carbons (Fsp3) is 0.643. The molecule has 17 heavy (non-hydrogen) atoms. The molecule has 0 radical (unpaired) electrons. The van der Waals surface area contributed by atoms with Crippen molar-refractivity contribution in [3.05, 3.63) is 23.9 Å². The molecule has 0 unspecified atom stereocenters. The van der Waals surface area contributed by atoms with Gasteiger partial charge >= 0.3 is 0 Å². The third-order valence-electron chi connectivity index (χ3n) is 2.88. The molecule has 0 spiro atoms. The van der Waals surface area contributed by atoms with Crippen molar-refractivity contribution >= 4 is 5.82 Å². The minimum Gasteiger partial charge on any atom is -0.392 e. The van der Waals surface area contributed by atoms with Crippen LogP contribution in [0.25, 0.3) is 0 Å². The largest absolute Gasteiger partial charge is 0.392 e. The van der Waals surface area contributed by atoms with Crippen LogP contribution in [0.4, 0.5) is 5.82 Å². The van der Waals surface area contributed by atoms with Gasteiger partial charge in [-0.15, -0.1) is 0 Å². The molecule has 0 aliphatic rings. The molecular formula is C14H24N2O. The molecule has 3 nitrogen and oxygen atoms in total. The van der Waals surface area contributed by atoms with Crippen LogP contribution in [0.15, 0.2) is 18.3 Å². The highest BCUT2D eigenvalue weighted by molar-refractivity contribution is 5.39. The zero-order valence-electron chi connectivity index (χ0n) is 11.0. The van der Waals surface area contributed by atoms with Crippen LogP contribution in [0.2, 0.25) is 0 Å². The quantitative estimate of drug-likeness (QED) is 0.754. The number of pyridine rings is 1. The van der Waals surface area contributed by atoms with Gasteiger partial charge in [0.25, 0.3) is 0 Å². The van der Waals surface area contributed by atoms with Crippen molar-refractivity contribution in [2.24, 2.45) is 0 Å². The van der Waals surface area contributed by atoms with E-state index in [0.717, 1.165) is 24.5 Å². The van der Waals surface area contributed by atoms with E-state index >= 15 is 0 Å². The van der Waals surface area contributed by atoms with E-state index in [1.165, 1.54) is 25.7 Å². The third-order valence-corrected chi connectivity index (χ3v) is 2.88. The number of rotatable bonds is 8. The molecule has 1 aromatic heterocycles. The van der Waals surface area contributed by atoms with Crippen LogP contribution in [0.1, 0.15) is 45.1 Å². The zero-order chi connectivity index (χ0) is 12.5. The Hall–Kier alpha value is -1.09. The topological polar surface area (TPSA) is 36.4 Å². The normalized spacial score (nSPS) is 10.5. The maximum atomic E-state index is 9.00. The first kappa shape index (κ1) is 14.0. The first-order chi connectivity index (χ1) is 8.31. The number of unbranched alkanes of at least 4 members (excludes halogenated alkanes) is 2. The Morgan fingerprint density at radius 1 is 1.12 bits per heavy atom. The summed E-state index contributed by atoms with van der Waals surface area (Å²) in [5.41, 5.74) is 0.875. The lowest BCUT2D eigenvalue weighted by Crippen LogP contribution is -2.26. The van der Waals surface area contributed by atoms with Crippen LogP contribution in [0.5, 0.6) is 0 Å². The fourth-order valence-electron chi connectivity index (χ4n) is 1.74. The second-order valence-corrected chi connectivity index (χ2v) is 4.38. The number of aliphatic hydroxyl groups excluding tert-OH is 1. The van der Waals surface area contributed by atoms with Gasteiger partial charge in [0, 0.05) is 19.3 Å². The summed E-state index contributed by atoms with van der Waals surface area (Å²) in [5, 5.41) is 9.00. The van der Waals surface area contributed by atoms with Crippen molar-refractivity contribution in [1.82, 2.24) is 4.98 Å². The zero-order valence-corrected chi connectivity index (χ0v) is 11.0. The fourth-order valence-corrected chi connectivity index (χ4v) is 1.74. The van der Waals surface area contributed by atoms with Crippen molar-refractivity contribution in [1.29, 1.82) is 0 Å². The average molecular weight is 236 g/mol. The highest BCUT2D eigenvalue weighted by Gasteiger charge is 2.06. The molecule has 96 valence electrons. The maximum Gasteiger partial charge on any atom is 0.128 e. The lowest BCUT2D eigenvalue weighted by atomic mass is 10.2. The van der Waals surface area contributed by atoms with Gasteiger partial charge in [-0.1, -0.05) is 32.8 Å². The van der Waals surface area contributed by atoms with Crippen molar-refractivity contribution in [2.75, 3.05) is 18.0 Å². The summed E-state index contributed by atoms with van der Waals surface area (Å²) in [5.74, 6) is 1.03. The number of nitrogens with zero attached hydrogens (tertiary/aromatic N) is 2. The van der Waals surface area contributed by atoms with Crippen molar-refractivity contribution in [3.8, 4) is 0 Å². The predicted octanol–water partition coefficient (Wildman–Crippen LogP) is 2.98. The lowest BCUT2D eigenvalue weighted by Gasteiger charge is -2.23. The molecule has 0 bridgehead atoms. The second-order valence-electron chi connectivity index (χ2n) is 4.38. The SMILES string of the molecule is CCCCN(CCCC)c1ccc(CO)cn1.